The van der Waals surface area contributed by atoms with E-state index >= 15 is 0 Å². The Kier molecular flexibility index (Phi) is 39.8. The Labute approximate surface area is 802 Å². The summed E-state index contributed by atoms with van der Waals surface area (Å²) in [5.74, 6) is 0.872. The van der Waals surface area contributed by atoms with Crippen LogP contribution in [0.25, 0.3) is 0 Å². The normalized spacial score (nSPS) is 14.2. The van der Waals surface area contributed by atoms with E-state index < -0.39 is 17.1 Å². The van der Waals surface area contributed by atoms with Gasteiger partial charge in [-0.15, -0.1) is 12.4 Å². The Morgan fingerprint density at radius 1 is 0.516 bits per heavy atom. The van der Waals surface area contributed by atoms with E-state index in [0.29, 0.717) is 128 Å². The topological polar surface area (TPSA) is 328 Å². The maximum atomic E-state index is 13.5. The summed E-state index contributed by atoms with van der Waals surface area (Å²) in [7, 11) is 6.90. The number of para-hydroxylation sites is 3. The first kappa shape index (κ1) is 102. The number of ether oxygens (including phenoxy) is 2. The van der Waals surface area contributed by atoms with Crippen LogP contribution in [0.5, 0.6) is 0 Å². The standard InChI is InChI=1S/C26H26ClN7O.C18H18Cl2N2O3.C16H11Cl2N3O.C11H17N3.C9H12ClN3O.C7H5Cl2NO2.Cl3OP.ClH/c1-31-12-14-32(15-13-31)19-8-6-18(7-9-19)30-24-16-23-20(17-29-24)25(35)34(26-28-10-11-33(23)26)22-5-3-2-4-21(22)27;1-25-18(24)14-11-22-17(20)10-16(14)21-8-4-6-13(23)9-12-5-2-3-7-15(12)19;17-11-4-1-2-5-12(11)21-15-6-3-7-20(15)13-8-14(18)19-9-10(13)16(21)22;1-13-6-8-14(9-7-13)11-4-2-10(12)3-5-11;10-7-3-1-2-4-8(7)13-9(14)12-6-5-11;1-12-7(11)4-3-10-6(9)2-5(4)8;1-5(2,3)4;/h2-9,16-17H,10-15H2,1H3,(H,29,30);2-3,5,7,10-11H,4,6,8-9H2,1H3,(H,21,22);1-2,4-6,8-9H,3,7H2;2-5H,6-9,12H2,1H3;1-4H,5-6,11H2,(H2,12,13,14);2-3H,1H3;;1H. The fourth-order valence-corrected chi connectivity index (χ4v) is 14.9. The van der Waals surface area contributed by atoms with E-state index in [1.807, 2.05) is 78.9 Å². The van der Waals surface area contributed by atoms with Gasteiger partial charge < -0.3 is 71.6 Å². The van der Waals surface area contributed by atoms with Gasteiger partial charge in [-0.2, -0.15) is 0 Å². The number of ketones is 1. The molecule has 2 saturated heterocycles. The molecule has 8 N–H and O–H groups in total. The highest BCUT2D eigenvalue weighted by Crippen LogP contribution is 2.61. The molecule has 6 aromatic carbocycles. The molecule has 0 atom stereocenters. The van der Waals surface area contributed by atoms with E-state index in [9.17, 15) is 33.3 Å². The number of piperazine rings is 2. The number of amides is 4. The molecule has 10 aromatic rings. The van der Waals surface area contributed by atoms with Crippen molar-refractivity contribution in [3.05, 3.63) is 275 Å². The number of anilines is 11. The van der Waals surface area contributed by atoms with Crippen LogP contribution in [0, 0.1) is 0 Å². The number of nitrogens with one attached hydrogen (secondary N) is 4. The van der Waals surface area contributed by atoms with Gasteiger partial charge in [-0.25, -0.2) is 39.2 Å². The number of pyridine rings is 4. The molecule has 0 radical (unpaired) electrons. The Hall–Kier alpha value is -9.66. The minimum atomic E-state index is -3.22. The molecule has 41 heteroatoms. The van der Waals surface area contributed by atoms with E-state index in [0.717, 1.165) is 99.5 Å². The number of nitrogen functional groups attached to an aromatic ring is 1. The van der Waals surface area contributed by atoms with Crippen LogP contribution in [-0.2, 0) is 25.3 Å². The molecule has 16 rings (SSSR count). The zero-order valence-corrected chi connectivity index (χ0v) is 79.5. The quantitative estimate of drug-likeness (QED) is 0.0153. The van der Waals surface area contributed by atoms with E-state index in [-0.39, 0.29) is 56.9 Å². The van der Waals surface area contributed by atoms with Gasteiger partial charge in [0.15, 0.2) is 0 Å². The number of likely N-dealkylation sites (N-methyl/N-ethyl adjacent to an activating group) is 2. The van der Waals surface area contributed by atoms with Crippen LogP contribution in [0.3, 0.4) is 0 Å². The monoisotopic (exact) mass is 2000 g/mol. The van der Waals surface area contributed by atoms with Gasteiger partial charge in [0.1, 0.15) is 38.4 Å². The summed E-state index contributed by atoms with van der Waals surface area (Å²) < 4.78 is 18.7. The predicted octanol–water partition coefficient (Wildman–Crippen LogP) is 20.2. The molecule has 0 spiro atoms. The van der Waals surface area contributed by atoms with Crippen molar-refractivity contribution in [1.82, 2.24) is 35.1 Å². The number of rotatable bonds is 18. The van der Waals surface area contributed by atoms with Gasteiger partial charge >= 0.3 is 23.2 Å². The fraction of sp³-hybridized carbons (Fsp3) is 0.253. The van der Waals surface area contributed by atoms with Gasteiger partial charge in [-0.05, 0) is 175 Å². The van der Waals surface area contributed by atoms with Gasteiger partial charge in [0, 0.05) is 163 Å². The van der Waals surface area contributed by atoms with Crippen LogP contribution in [0.4, 0.5) is 67.5 Å². The molecule has 0 aliphatic carbocycles. The number of nitrogens with two attached hydrogens (primary N) is 2. The van der Waals surface area contributed by atoms with E-state index in [1.54, 1.807) is 70.6 Å². The number of urea groups is 1. The predicted molar refractivity (Wildman–Crippen MR) is 524 cm³/mol. The Morgan fingerprint density at radius 3 is 1.59 bits per heavy atom. The lowest BCUT2D eigenvalue weighted by Crippen LogP contribution is -2.50. The first-order valence-electron chi connectivity index (χ1n) is 39.4. The van der Waals surface area contributed by atoms with Crippen molar-refractivity contribution in [2.45, 2.75) is 25.7 Å². The summed E-state index contributed by atoms with van der Waals surface area (Å²) in [6.07, 6.45) is 10.0. The second-order valence-electron chi connectivity index (χ2n) is 28.4. The molecule has 28 nitrogen and oxygen atoms in total. The molecular weight excluding hydrogens is 1910 g/mol. The lowest BCUT2D eigenvalue weighted by molar-refractivity contribution is -0.118. The zero-order valence-electron chi connectivity index (χ0n) is 69.4. The highest BCUT2D eigenvalue weighted by Gasteiger charge is 2.41. The average molecular weight is 2000 g/mol. The van der Waals surface area contributed by atoms with Gasteiger partial charge in [0.25, 0.3) is 11.8 Å². The lowest BCUT2D eigenvalue weighted by atomic mass is 10.1. The fourth-order valence-electron chi connectivity index (χ4n) is 13.3. The number of aliphatic imine (C=N–C) groups is 1. The smallest absolute Gasteiger partial charge is 0.341 e. The maximum Gasteiger partial charge on any atom is 0.341 e. The summed E-state index contributed by atoms with van der Waals surface area (Å²) in [6, 6.07) is 51.8. The van der Waals surface area contributed by atoms with Crippen LogP contribution in [0.2, 0.25) is 40.6 Å². The number of Topliss-reactive ketones (excluding diaryl/α,β-unsaturated/α-hetero) is 1. The number of halogens is 12. The molecule has 10 heterocycles. The molecule has 0 unspecified atom stereocenters. The second kappa shape index (κ2) is 49.9. The van der Waals surface area contributed by atoms with E-state index in [4.69, 9.17) is 109 Å². The molecule has 6 aliphatic heterocycles. The van der Waals surface area contributed by atoms with Crippen molar-refractivity contribution >= 4 is 248 Å². The molecule has 4 aromatic heterocycles. The average Bonchev–Trinajstić information content (AvgIpc) is 1.44. The number of hydrogen-bond donors (Lipinski definition) is 6. The molecule has 2 fully saturated rings. The highest BCUT2D eigenvalue weighted by atomic mass is 36.0. The van der Waals surface area contributed by atoms with Crippen LogP contribution in [0.1, 0.15) is 66.3 Å². The molecular formula is C87H90Cl12N19O9P. The van der Waals surface area contributed by atoms with Crippen LogP contribution < -0.4 is 62.1 Å². The van der Waals surface area contributed by atoms with Crippen molar-refractivity contribution in [3.8, 4) is 0 Å². The van der Waals surface area contributed by atoms with Crippen LogP contribution in [-0.4, -0.2) is 191 Å². The SMILES string of the molecule is CN1CCN(c2ccc(N)cc2)CC1.CN1CCN(c2ccc(Nc3cc4c(cn3)C(=O)N(c3ccccc3Cl)C3=NCCN34)cc2)CC1.COC(=O)c1cnc(Cl)cc1Cl.COC(=O)c1cnc(Cl)cc1NCCCC(=O)Cc1ccccc1Cl.Cl.NCCNC(=O)Nc1ccccc1Cl.O=C1c2cnc(Cl)cc2N2CCC=C2N1c1ccccc1Cl.O=P(Cl)(Cl)Cl. The van der Waals surface area contributed by atoms with Crippen LogP contribution in [0.15, 0.2) is 212 Å². The van der Waals surface area contributed by atoms with Crippen molar-refractivity contribution in [3.63, 3.8) is 0 Å². The number of carbonyl (C=O) groups is 6. The second-order valence-corrected chi connectivity index (χ2v) is 38.2. The molecule has 128 heavy (non-hydrogen) atoms. The first-order valence-corrected chi connectivity index (χ1v) is 46.9. The van der Waals surface area contributed by atoms with Gasteiger partial charge in [-0.1, -0.05) is 147 Å². The molecule has 6 aliphatic rings. The largest absolute Gasteiger partial charge is 0.465 e. The van der Waals surface area contributed by atoms with Gasteiger partial charge in [0.05, 0.1) is 91.7 Å². The third kappa shape index (κ3) is 29.4. The zero-order chi connectivity index (χ0) is 91.4. The Balaban J connectivity index is 0.000000178. The van der Waals surface area contributed by atoms with Crippen molar-refractivity contribution in [2.24, 2.45) is 10.7 Å². The lowest BCUT2D eigenvalue weighted by Gasteiger charge is -2.37. The minimum absolute atomic E-state index is 0. The number of carbonyl (C=O) groups excluding carboxylic acids is 6. The van der Waals surface area contributed by atoms with Gasteiger partial charge in [0.2, 0.25) is 5.96 Å². The maximum absolute atomic E-state index is 13.5. The number of guanidine groups is 1. The number of fused-ring (bicyclic) bond motifs is 6. The van der Waals surface area contributed by atoms with Crippen molar-refractivity contribution in [2.75, 3.05) is 171 Å². The van der Waals surface area contributed by atoms with Crippen LogP contribution >= 0.6 is 144 Å². The minimum Gasteiger partial charge on any atom is -0.465 e. The summed E-state index contributed by atoms with van der Waals surface area (Å²) in [4.78, 5) is 110. The third-order valence-electron chi connectivity index (χ3n) is 19.7. The van der Waals surface area contributed by atoms with Crippen molar-refractivity contribution in [1.29, 1.82) is 0 Å². The summed E-state index contributed by atoms with van der Waals surface area (Å²) in [5.41, 5.74) is 21.6. The molecule has 676 valence electrons. The number of methoxy groups -OCH3 is 2. The number of esters is 2. The number of hydrogen-bond acceptors (Lipinski definition) is 24. The van der Waals surface area contributed by atoms with Crippen molar-refractivity contribution < 1.29 is 42.8 Å². The highest BCUT2D eigenvalue weighted by molar-refractivity contribution is 8.24. The van der Waals surface area contributed by atoms with E-state index in [2.05, 4.69) is 165 Å². The third-order valence-corrected chi connectivity index (χ3v) is 22.0. The summed E-state index contributed by atoms with van der Waals surface area (Å²) in [6.45, 7) is 12.2. The summed E-state index contributed by atoms with van der Waals surface area (Å²) in [5, 5.41) is 11.7. The number of aromatic nitrogens is 4. The van der Waals surface area contributed by atoms with Gasteiger partial charge in [-0.3, -0.25) is 28.8 Å². The first-order chi connectivity index (χ1) is 60.9. The molecule has 0 saturated carbocycles. The Bertz CT molecular complexity index is 5620. The Morgan fingerprint density at radius 2 is 1.02 bits per heavy atom. The number of nitrogens with zero attached hydrogens (tertiary/aromatic N) is 13. The molecule has 4 amide bonds. The summed E-state index contributed by atoms with van der Waals surface area (Å²) >= 11 is 61.5. The van der Waals surface area contributed by atoms with E-state index in [1.165, 1.54) is 50.3 Å². The molecule has 0 bridgehead atoms. The number of benzene rings is 6.